The molecule has 3 aromatic rings. The number of methoxy groups -OCH3 is 1. The molecule has 3 aliphatic rings. The second-order valence-corrected chi connectivity index (χ2v) is 15.5. The molecule has 2 saturated heterocycles. The van der Waals surface area contributed by atoms with Crippen molar-refractivity contribution in [1.82, 2.24) is 30.1 Å². The number of alkyl carbamates (subject to hydrolysis) is 1. The number of esters is 1. The number of hydrogen-bond acceptors (Lipinski definition) is 11. The van der Waals surface area contributed by atoms with Gasteiger partial charge in [-0.2, -0.15) is 0 Å². The molecule has 2 amide bonds. The maximum absolute atomic E-state index is 13.3. The average Bonchev–Trinajstić information content (AvgIpc) is 3.88. The Bertz CT molecular complexity index is 1750. The molecule has 278 valence electrons. The summed E-state index contributed by atoms with van der Waals surface area (Å²) in [4.78, 5) is 57.5. The number of nitrogens with zero attached hydrogens (tertiary/aromatic N) is 6. The molecule has 4 heterocycles. The number of carbonyl (C=O) groups is 3. The van der Waals surface area contributed by atoms with Crippen molar-refractivity contribution < 1.29 is 28.6 Å². The summed E-state index contributed by atoms with van der Waals surface area (Å²) < 4.78 is 16.4. The van der Waals surface area contributed by atoms with Crippen molar-refractivity contribution in [3.05, 3.63) is 58.3 Å². The van der Waals surface area contributed by atoms with Crippen LogP contribution in [0.1, 0.15) is 58.4 Å². The molecular formula is C37H45Cl2N7O6. The second-order valence-electron chi connectivity index (χ2n) is 14.7. The van der Waals surface area contributed by atoms with E-state index in [9.17, 15) is 14.4 Å². The molecule has 15 heteroatoms. The molecule has 1 aliphatic carbocycles. The lowest BCUT2D eigenvalue weighted by Gasteiger charge is -2.36. The fourth-order valence-corrected chi connectivity index (χ4v) is 7.08. The first kappa shape index (κ1) is 37.6. The van der Waals surface area contributed by atoms with Gasteiger partial charge in [-0.25, -0.2) is 19.7 Å². The topological polar surface area (TPSA) is 139 Å². The molecule has 0 unspecified atom stereocenters. The summed E-state index contributed by atoms with van der Waals surface area (Å²) >= 11 is 12.7. The zero-order valence-corrected chi connectivity index (χ0v) is 31.5. The van der Waals surface area contributed by atoms with Gasteiger partial charge in [-0.05, 0) is 95.3 Å². The van der Waals surface area contributed by atoms with E-state index < -0.39 is 17.2 Å². The molecule has 0 atom stereocenters. The Morgan fingerprint density at radius 1 is 0.923 bits per heavy atom. The predicted molar refractivity (Wildman–Crippen MR) is 197 cm³/mol. The minimum atomic E-state index is -0.882. The van der Waals surface area contributed by atoms with Crippen LogP contribution in [0.2, 0.25) is 10.0 Å². The monoisotopic (exact) mass is 753 g/mol. The minimum absolute atomic E-state index is 0.0835. The zero-order valence-electron chi connectivity index (χ0n) is 30.0. The van der Waals surface area contributed by atoms with Crippen molar-refractivity contribution in [2.24, 2.45) is 5.92 Å². The van der Waals surface area contributed by atoms with Gasteiger partial charge in [-0.15, -0.1) is 0 Å². The highest BCUT2D eigenvalue weighted by molar-refractivity contribution is 6.35. The average molecular weight is 755 g/mol. The first-order valence-corrected chi connectivity index (χ1v) is 18.3. The normalized spacial score (nSPS) is 17.7. The summed E-state index contributed by atoms with van der Waals surface area (Å²) in [5.74, 6) is 1.40. The summed E-state index contributed by atoms with van der Waals surface area (Å²) in [6.07, 6.45) is 6.12. The van der Waals surface area contributed by atoms with Crippen LogP contribution in [0.3, 0.4) is 0 Å². The van der Waals surface area contributed by atoms with Gasteiger partial charge in [0, 0.05) is 60.8 Å². The number of halogens is 2. The van der Waals surface area contributed by atoms with Gasteiger partial charge in [0.2, 0.25) is 17.7 Å². The van der Waals surface area contributed by atoms with E-state index in [0.717, 1.165) is 37.1 Å². The highest BCUT2D eigenvalue weighted by Crippen LogP contribution is 2.38. The molecule has 2 aliphatic heterocycles. The smallest absolute Gasteiger partial charge is 0.408 e. The number of carbonyl (C=O) groups excluding carboxylic acids is 3. The molecule has 0 spiro atoms. The number of pyridine rings is 1. The van der Waals surface area contributed by atoms with Crippen LogP contribution in [-0.4, -0.2) is 100 Å². The van der Waals surface area contributed by atoms with E-state index in [4.69, 9.17) is 42.4 Å². The SMILES string of the molecule is COC(=O)CC1CCN(Cc2cc(Oc3cnc(N4CCN(C(=O)C5(NC(=O)OC(C)(C)C)CC5)CC4)nc3)nc(-c3cc(Cl)cc(Cl)c3)c2)CC1. The third kappa shape index (κ3) is 9.81. The van der Waals surface area contributed by atoms with Gasteiger partial charge < -0.3 is 29.3 Å². The number of piperidine rings is 1. The van der Waals surface area contributed by atoms with E-state index in [0.29, 0.717) is 91.2 Å². The van der Waals surface area contributed by atoms with E-state index >= 15 is 0 Å². The lowest BCUT2D eigenvalue weighted by molar-refractivity contribution is -0.142. The summed E-state index contributed by atoms with van der Waals surface area (Å²) in [6, 6.07) is 9.23. The van der Waals surface area contributed by atoms with Crippen molar-refractivity contribution in [1.29, 1.82) is 0 Å². The fourth-order valence-electron chi connectivity index (χ4n) is 6.55. The van der Waals surface area contributed by atoms with Crippen LogP contribution in [0.25, 0.3) is 11.3 Å². The van der Waals surface area contributed by atoms with Crippen LogP contribution in [0.15, 0.2) is 42.7 Å². The molecule has 1 saturated carbocycles. The van der Waals surface area contributed by atoms with Crippen LogP contribution in [0, 0.1) is 5.92 Å². The number of piperazine rings is 1. The van der Waals surface area contributed by atoms with Gasteiger partial charge in [0.25, 0.3) is 0 Å². The van der Waals surface area contributed by atoms with Crippen molar-refractivity contribution in [2.75, 3.05) is 51.3 Å². The fraction of sp³-hybridized carbons (Fsp3) is 0.514. The number of amides is 2. The van der Waals surface area contributed by atoms with Gasteiger partial charge in [0.1, 0.15) is 11.1 Å². The van der Waals surface area contributed by atoms with Gasteiger partial charge in [0.15, 0.2) is 5.75 Å². The van der Waals surface area contributed by atoms with E-state index in [2.05, 4.69) is 20.2 Å². The molecule has 3 fully saturated rings. The van der Waals surface area contributed by atoms with E-state index in [1.807, 2.05) is 29.2 Å². The Morgan fingerprint density at radius 3 is 2.17 bits per heavy atom. The number of nitrogens with one attached hydrogen (secondary N) is 1. The van der Waals surface area contributed by atoms with E-state index in [1.165, 1.54) is 7.11 Å². The summed E-state index contributed by atoms with van der Waals surface area (Å²) in [5.41, 5.74) is 0.904. The van der Waals surface area contributed by atoms with Gasteiger partial charge in [-0.3, -0.25) is 14.5 Å². The summed E-state index contributed by atoms with van der Waals surface area (Å²) in [6.45, 7) is 9.83. The largest absolute Gasteiger partial charge is 0.469 e. The molecule has 1 aromatic carbocycles. The van der Waals surface area contributed by atoms with Gasteiger partial charge in [0.05, 0.1) is 25.2 Å². The van der Waals surface area contributed by atoms with E-state index in [1.54, 1.807) is 44.1 Å². The quantitative estimate of drug-likeness (QED) is 0.240. The number of ether oxygens (including phenoxy) is 3. The maximum atomic E-state index is 13.3. The first-order valence-electron chi connectivity index (χ1n) is 17.6. The summed E-state index contributed by atoms with van der Waals surface area (Å²) in [5, 5.41) is 3.81. The van der Waals surface area contributed by atoms with Crippen LogP contribution in [-0.2, 0) is 25.6 Å². The first-order chi connectivity index (χ1) is 24.8. The lowest BCUT2D eigenvalue weighted by Crippen LogP contribution is -2.57. The standard InChI is InChI=1S/C37H45Cl2N7O6/c1-36(2,3)52-35(49)43-37(7-8-37)33(48)45-11-13-46(14-12-45)34-40-21-29(22-41-34)51-31-16-25(15-30(42-31)26-18-27(38)20-28(39)19-26)23-44-9-5-24(6-10-44)17-32(47)50-4/h15-16,18-22,24H,5-14,17,23H2,1-4H3,(H,43,49). The highest BCUT2D eigenvalue weighted by Gasteiger charge is 2.54. The van der Waals surface area contributed by atoms with Gasteiger partial charge >= 0.3 is 12.1 Å². The molecular weight excluding hydrogens is 709 g/mol. The third-order valence-corrected chi connectivity index (χ3v) is 9.84. The zero-order chi connectivity index (χ0) is 37.0. The van der Waals surface area contributed by atoms with Crippen LogP contribution in [0.4, 0.5) is 10.7 Å². The Balaban J connectivity index is 1.09. The molecule has 2 aromatic heterocycles. The van der Waals surface area contributed by atoms with Crippen LogP contribution < -0.4 is 15.0 Å². The molecule has 6 rings (SSSR count). The number of benzene rings is 1. The van der Waals surface area contributed by atoms with Crippen molar-refractivity contribution >= 4 is 47.1 Å². The lowest BCUT2D eigenvalue weighted by atomic mass is 9.93. The molecule has 13 nitrogen and oxygen atoms in total. The Kier molecular flexibility index (Phi) is 11.4. The minimum Gasteiger partial charge on any atom is -0.469 e. The second kappa shape index (κ2) is 15.8. The molecule has 0 bridgehead atoms. The summed E-state index contributed by atoms with van der Waals surface area (Å²) in [7, 11) is 1.43. The van der Waals surface area contributed by atoms with Crippen molar-refractivity contribution in [3.8, 4) is 22.9 Å². The number of aromatic nitrogens is 3. The third-order valence-electron chi connectivity index (χ3n) is 9.40. The number of likely N-dealkylation sites (tertiary alicyclic amines) is 1. The van der Waals surface area contributed by atoms with Gasteiger partial charge in [-0.1, -0.05) is 23.2 Å². The van der Waals surface area contributed by atoms with Crippen molar-refractivity contribution in [2.45, 2.75) is 70.6 Å². The molecule has 52 heavy (non-hydrogen) atoms. The van der Waals surface area contributed by atoms with E-state index in [-0.39, 0.29) is 11.9 Å². The molecule has 0 radical (unpaired) electrons. The Morgan fingerprint density at radius 2 is 1.58 bits per heavy atom. The Hall–Kier alpha value is -4.20. The predicted octanol–water partition coefficient (Wildman–Crippen LogP) is 6.12. The number of hydrogen-bond donors (Lipinski definition) is 1. The highest BCUT2D eigenvalue weighted by atomic mass is 35.5. The van der Waals surface area contributed by atoms with Crippen LogP contribution in [0.5, 0.6) is 11.6 Å². The number of rotatable bonds is 10. The maximum Gasteiger partial charge on any atom is 0.408 e. The van der Waals surface area contributed by atoms with Crippen LogP contribution >= 0.6 is 23.2 Å². The Labute approximate surface area is 313 Å². The molecule has 1 N–H and O–H groups in total. The van der Waals surface area contributed by atoms with Crippen molar-refractivity contribution in [3.63, 3.8) is 0 Å². The number of anilines is 1.